The van der Waals surface area contributed by atoms with E-state index in [9.17, 15) is 18.8 Å². The third kappa shape index (κ3) is 3.10. The molecule has 1 heterocycles. The topological polar surface area (TPSA) is 57.7 Å². The van der Waals surface area contributed by atoms with Gasteiger partial charge in [-0.25, -0.2) is 9.18 Å². The summed E-state index contributed by atoms with van der Waals surface area (Å²) in [6.45, 7) is 4.96. The lowest BCUT2D eigenvalue weighted by Crippen LogP contribution is -2.37. The monoisotopic (exact) mass is 354 g/mol. The van der Waals surface area contributed by atoms with E-state index >= 15 is 0 Å². The molecule has 3 rings (SSSR count). The molecule has 5 nitrogen and oxygen atoms in total. The highest BCUT2D eigenvalue weighted by molar-refractivity contribution is 6.16. The molecule has 1 aliphatic heterocycles. The number of aryl methyl sites for hydroxylation is 2. The maximum Gasteiger partial charge on any atom is 0.332 e. The number of Topliss-reactive ketones (excluding diaryl/α,β-unsaturated/α-hetero) is 1. The summed E-state index contributed by atoms with van der Waals surface area (Å²) in [5.74, 6) is -1.17. The van der Waals surface area contributed by atoms with Crippen molar-refractivity contribution in [2.75, 3.05) is 11.4 Å². The van der Waals surface area contributed by atoms with Gasteiger partial charge in [0.2, 0.25) is 0 Å². The Kier molecular flexibility index (Phi) is 4.59. The van der Waals surface area contributed by atoms with Crippen molar-refractivity contribution in [3.05, 3.63) is 65.0 Å². The van der Waals surface area contributed by atoms with E-state index in [-0.39, 0.29) is 12.3 Å². The summed E-state index contributed by atoms with van der Waals surface area (Å²) in [5, 5.41) is 0. The standard InChI is InChI=1S/C20H19FN2O3/c1-12-4-5-13(2)17(10-12)18(24)11-22-19(25)14(3)23(20(22)26)16-8-6-15(21)7-9-16/h4-10,14H,11H2,1-3H3. The van der Waals surface area contributed by atoms with Gasteiger partial charge in [0.15, 0.2) is 5.78 Å². The van der Waals surface area contributed by atoms with Gasteiger partial charge in [0.1, 0.15) is 11.9 Å². The number of halogens is 1. The fraction of sp³-hybridized carbons (Fsp3) is 0.250. The van der Waals surface area contributed by atoms with Gasteiger partial charge >= 0.3 is 6.03 Å². The summed E-state index contributed by atoms with van der Waals surface area (Å²) >= 11 is 0. The quantitative estimate of drug-likeness (QED) is 0.624. The van der Waals surface area contributed by atoms with Crippen LogP contribution in [0.25, 0.3) is 0 Å². The van der Waals surface area contributed by atoms with Crippen LogP contribution in [-0.4, -0.2) is 35.2 Å². The number of hydrogen-bond acceptors (Lipinski definition) is 3. The Labute approximate surface area is 151 Å². The van der Waals surface area contributed by atoms with E-state index < -0.39 is 23.8 Å². The minimum Gasteiger partial charge on any atom is -0.292 e. The molecule has 1 atom stereocenters. The Morgan fingerprint density at radius 3 is 2.38 bits per heavy atom. The Hall–Kier alpha value is -3.02. The van der Waals surface area contributed by atoms with Gasteiger partial charge in [0, 0.05) is 11.3 Å². The molecule has 0 aromatic heterocycles. The lowest BCUT2D eigenvalue weighted by atomic mass is 10.0. The van der Waals surface area contributed by atoms with E-state index in [1.165, 1.54) is 29.2 Å². The van der Waals surface area contributed by atoms with Crippen LogP contribution in [-0.2, 0) is 4.79 Å². The van der Waals surface area contributed by atoms with Gasteiger partial charge in [-0.3, -0.25) is 19.4 Å². The van der Waals surface area contributed by atoms with Crippen molar-refractivity contribution in [1.29, 1.82) is 0 Å². The number of anilines is 1. The summed E-state index contributed by atoms with van der Waals surface area (Å²) in [6.07, 6.45) is 0. The molecule has 0 bridgehead atoms. The normalized spacial score (nSPS) is 17.2. The van der Waals surface area contributed by atoms with Gasteiger partial charge in [0.25, 0.3) is 5.91 Å². The first-order valence-corrected chi connectivity index (χ1v) is 8.30. The van der Waals surface area contributed by atoms with Crippen LogP contribution in [0.5, 0.6) is 0 Å². The summed E-state index contributed by atoms with van der Waals surface area (Å²) < 4.78 is 13.1. The molecular formula is C20H19FN2O3. The predicted octanol–water partition coefficient (Wildman–Crippen LogP) is 3.48. The summed E-state index contributed by atoms with van der Waals surface area (Å²) in [6, 6.07) is 9.49. The van der Waals surface area contributed by atoms with Crippen molar-refractivity contribution in [3.63, 3.8) is 0 Å². The second-order valence-electron chi connectivity index (χ2n) is 6.47. The van der Waals surface area contributed by atoms with E-state index in [0.717, 1.165) is 16.0 Å². The molecule has 1 fully saturated rings. The molecule has 3 amide bonds. The molecule has 0 N–H and O–H groups in total. The minimum absolute atomic E-state index is 0.291. The van der Waals surface area contributed by atoms with Gasteiger partial charge < -0.3 is 0 Å². The predicted molar refractivity (Wildman–Crippen MR) is 95.7 cm³/mol. The third-order valence-corrected chi connectivity index (χ3v) is 4.55. The second kappa shape index (κ2) is 6.71. The molecule has 0 saturated carbocycles. The highest BCUT2D eigenvalue weighted by Gasteiger charge is 2.44. The molecule has 2 aromatic rings. The lowest BCUT2D eigenvalue weighted by Gasteiger charge is -2.19. The summed E-state index contributed by atoms with van der Waals surface area (Å²) in [7, 11) is 0. The number of urea groups is 1. The molecule has 0 spiro atoms. The summed E-state index contributed by atoms with van der Waals surface area (Å²) in [4.78, 5) is 40.1. The van der Waals surface area contributed by atoms with Crippen molar-refractivity contribution >= 4 is 23.4 Å². The average Bonchev–Trinajstić information content (AvgIpc) is 2.81. The maximum absolute atomic E-state index is 13.1. The Morgan fingerprint density at radius 1 is 1.08 bits per heavy atom. The Bertz CT molecular complexity index is 892. The lowest BCUT2D eigenvalue weighted by molar-refractivity contribution is -0.126. The number of rotatable bonds is 4. The molecule has 2 aromatic carbocycles. The largest absolute Gasteiger partial charge is 0.332 e. The minimum atomic E-state index is -0.751. The van der Waals surface area contributed by atoms with Crippen molar-refractivity contribution in [1.82, 2.24) is 4.90 Å². The number of carbonyl (C=O) groups is 3. The number of ketones is 1. The highest BCUT2D eigenvalue weighted by Crippen LogP contribution is 2.26. The van der Waals surface area contributed by atoms with Crippen molar-refractivity contribution in [2.45, 2.75) is 26.8 Å². The molecule has 1 aliphatic rings. The zero-order valence-corrected chi connectivity index (χ0v) is 14.8. The highest BCUT2D eigenvalue weighted by atomic mass is 19.1. The number of hydrogen-bond donors (Lipinski definition) is 0. The van der Waals surface area contributed by atoms with Gasteiger partial charge in [-0.15, -0.1) is 0 Å². The van der Waals surface area contributed by atoms with E-state index in [2.05, 4.69) is 0 Å². The second-order valence-corrected chi connectivity index (χ2v) is 6.47. The maximum atomic E-state index is 13.1. The van der Waals surface area contributed by atoms with E-state index in [1.54, 1.807) is 13.0 Å². The average molecular weight is 354 g/mol. The first-order valence-electron chi connectivity index (χ1n) is 8.30. The number of carbonyl (C=O) groups excluding carboxylic acids is 3. The zero-order valence-electron chi connectivity index (χ0n) is 14.8. The van der Waals surface area contributed by atoms with Crippen LogP contribution in [0.2, 0.25) is 0 Å². The fourth-order valence-corrected chi connectivity index (χ4v) is 3.07. The SMILES string of the molecule is Cc1ccc(C)c(C(=O)CN2C(=O)C(C)N(c3ccc(F)cc3)C2=O)c1. The molecule has 1 unspecified atom stereocenters. The number of imide groups is 1. The molecule has 0 aliphatic carbocycles. The van der Waals surface area contributed by atoms with Crippen molar-refractivity contribution in [3.8, 4) is 0 Å². The smallest absolute Gasteiger partial charge is 0.292 e. The molecule has 26 heavy (non-hydrogen) atoms. The van der Waals surface area contributed by atoms with Crippen LogP contribution >= 0.6 is 0 Å². The van der Waals surface area contributed by atoms with Crippen LogP contribution in [0.15, 0.2) is 42.5 Å². The van der Waals surface area contributed by atoms with Crippen molar-refractivity contribution < 1.29 is 18.8 Å². The molecule has 0 radical (unpaired) electrons. The van der Waals surface area contributed by atoms with Crippen LogP contribution in [0.1, 0.15) is 28.4 Å². The number of benzene rings is 2. The van der Waals surface area contributed by atoms with Crippen LogP contribution in [0.3, 0.4) is 0 Å². The number of nitrogens with zero attached hydrogens (tertiary/aromatic N) is 2. The molecule has 6 heteroatoms. The molecule has 134 valence electrons. The Morgan fingerprint density at radius 2 is 1.73 bits per heavy atom. The molecule has 1 saturated heterocycles. The first-order chi connectivity index (χ1) is 12.3. The Balaban J connectivity index is 1.85. The van der Waals surface area contributed by atoms with E-state index in [4.69, 9.17) is 0 Å². The van der Waals surface area contributed by atoms with Gasteiger partial charge in [-0.05, 0) is 56.7 Å². The number of amides is 3. The van der Waals surface area contributed by atoms with Crippen molar-refractivity contribution in [2.24, 2.45) is 0 Å². The fourth-order valence-electron chi connectivity index (χ4n) is 3.07. The van der Waals surface area contributed by atoms with Gasteiger partial charge in [-0.1, -0.05) is 17.7 Å². The van der Waals surface area contributed by atoms with Gasteiger partial charge in [0.05, 0.1) is 6.54 Å². The molecular weight excluding hydrogens is 335 g/mol. The van der Waals surface area contributed by atoms with E-state index in [1.807, 2.05) is 26.0 Å². The van der Waals surface area contributed by atoms with Crippen LogP contribution in [0.4, 0.5) is 14.9 Å². The van der Waals surface area contributed by atoms with Crippen LogP contribution in [0, 0.1) is 19.7 Å². The van der Waals surface area contributed by atoms with Crippen LogP contribution < -0.4 is 4.90 Å². The zero-order chi connectivity index (χ0) is 19.0. The third-order valence-electron chi connectivity index (χ3n) is 4.55. The summed E-state index contributed by atoms with van der Waals surface area (Å²) in [5.41, 5.74) is 2.64. The van der Waals surface area contributed by atoms with Gasteiger partial charge in [-0.2, -0.15) is 0 Å². The van der Waals surface area contributed by atoms with E-state index in [0.29, 0.717) is 11.3 Å². The first kappa shape index (κ1) is 17.8.